The molecule has 2 rings (SSSR count). The maximum absolute atomic E-state index is 11.5. The van der Waals surface area contributed by atoms with E-state index in [0.717, 1.165) is 12.0 Å². The fourth-order valence-electron chi connectivity index (χ4n) is 2.88. The van der Waals surface area contributed by atoms with Gasteiger partial charge in [0, 0.05) is 5.57 Å². The van der Waals surface area contributed by atoms with Crippen LogP contribution in [0.1, 0.15) is 32.6 Å². The first-order chi connectivity index (χ1) is 7.18. The predicted molar refractivity (Wildman–Crippen MR) is 59.3 cm³/mol. The van der Waals surface area contributed by atoms with Gasteiger partial charge in [0.15, 0.2) is 0 Å². The van der Waals surface area contributed by atoms with E-state index in [-0.39, 0.29) is 11.4 Å². The minimum Gasteiger partial charge on any atom is -0.466 e. The molecule has 2 heteroatoms. The van der Waals surface area contributed by atoms with Crippen molar-refractivity contribution in [1.29, 1.82) is 0 Å². The molecule has 2 atom stereocenters. The highest BCUT2D eigenvalue weighted by atomic mass is 16.5. The van der Waals surface area contributed by atoms with Crippen LogP contribution in [0, 0.1) is 11.3 Å². The molecule has 0 aromatic carbocycles. The summed E-state index contributed by atoms with van der Waals surface area (Å²) in [7, 11) is 1.45. The summed E-state index contributed by atoms with van der Waals surface area (Å²) in [5.41, 5.74) is 1.06. The monoisotopic (exact) mass is 206 g/mol. The van der Waals surface area contributed by atoms with E-state index in [1.807, 2.05) is 12.2 Å². The Morgan fingerprint density at radius 3 is 3.00 bits per heavy atom. The van der Waals surface area contributed by atoms with Crippen LogP contribution in [0.25, 0.3) is 0 Å². The Morgan fingerprint density at radius 1 is 1.60 bits per heavy atom. The van der Waals surface area contributed by atoms with Gasteiger partial charge in [0.1, 0.15) is 0 Å². The van der Waals surface area contributed by atoms with Gasteiger partial charge < -0.3 is 4.74 Å². The summed E-state index contributed by atoms with van der Waals surface area (Å²) in [4.78, 5) is 11.5. The maximum atomic E-state index is 11.5. The summed E-state index contributed by atoms with van der Waals surface area (Å²) in [5, 5.41) is 0. The molecule has 0 bridgehead atoms. The van der Waals surface area contributed by atoms with Gasteiger partial charge in [-0.3, -0.25) is 0 Å². The zero-order chi connectivity index (χ0) is 10.9. The fourth-order valence-corrected chi connectivity index (χ4v) is 2.88. The SMILES string of the molecule is COC(=O)C1=CC=C[C@]2(CCC[C@@H]2C)C1. The average Bonchev–Trinajstić information content (AvgIpc) is 2.59. The van der Waals surface area contributed by atoms with Crippen molar-refractivity contribution < 1.29 is 9.53 Å². The van der Waals surface area contributed by atoms with E-state index >= 15 is 0 Å². The fraction of sp³-hybridized carbons (Fsp3) is 0.615. The molecule has 2 nitrogen and oxygen atoms in total. The second kappa shape index (κ2) is 3.84. The summed E-state index contributed by atoms with van der Waals surface area (Å²) in [6.07, 6.45) is 10.8. The van der Waals surface area contributed by atoms with Crippen LogP contribution < -0.4 is 0 Å². The van der Waals surface area contributed by atoms with Gasteiger partial charge in [-0.15, -0.1) is 0 Å². The van der Waals surface area contributed by atoms with Crippen molar-refractivity contribution >= 4 is 5.97 Å². The molecule has 0 unspecified atom stereocenters. The van der Waals surface area contributed by atoms with Gasteiger partial charge in [0.2, 0.25) is 0 Å². The van der Waals surface area contributed by atoms with Crippen LogP contribution in [0.15, 0.2) is 23.8 Å². The van der Waals surface area contributed by atoms with E-state index in [2.05, 4.69) is 13.0 Å². The van der Waals surface area contributed by atoms with Gasteiger partial charge in [-0.2, -0.15) is 0 Å². The van der Waals surface area contributed by atoms with Crippen LogP contribution in [0.3, 0.4) is 0 Å². The normalized spacial score (nSPS) is 34.3. The number of esters is 1. The number of ether oxygens (including phenoxy) is 1. The highest BCUT2D eigenvalue weighted by molar-refractivity contribution is 5.89. The van der Waals surface area contributed by atoms with E-state index in [0.29, 0.717) is 5.92 Å². The van der Waals surface area contributed by atoms with Gasteiger partial charge in [-0.1, -0.05) is 31.6 Å². The van der Waals surface area contributed by atoms with Crippen LogP contribution in [0.4, 0.5) is 0 Å². The van der Waals surface area contributed by atoms with E-state index < -0.39 is 0 Å². The first kappa shape index (κ1) is 10.5. The molecule has 2 aliphatic rings. The predicted octanol–water partition coefficient (Wildman–Crippen LogP) is 2.85. The molecule has 82 valence electrons. The molecule has 0 aromatic rings. The van der Waals surface area contributed by atoms with Gasteiger partial charge in [0.25, 0.3) is 0 Å². The zero-order valence-corrected chi connectivity index (χ0v) is 9.45. The second-order valence-corrected chi connectivity index (χ2v) is 4.75. The Hall–Kier alpha value is -1.05. The van der Waals surface area contributed by atoms with Crippen molar-refractivity contribution in [3.8, 4) is 0 Å². The van der Waals surface area contributed by atoms with Crippen molar-refractivity contribution in [3.05, 3.63) is 23.8 Å². The molecular weight excluding hydrogens is 188 g/mol. The number of methoxy groups -OCH3 is 1. The molecule has 0 amide bonds. The first-order valence-electron chi connectivity index (χ1n) is 5.65. The lowest BCUT2D eigenvalue weighted by Crippen LogP contribution is -2.26. The molecule has 1 fully saturated rings. The molecule has 0 aliphatic heterocycles. The highest BCUT2D eigenvalue weighted by Crippen LogP contribution is 2.50. The highest BCUT2D eigenvalue weighted by Gasteiger charge is 2.40. The third-order valence-electron chi connectivity index (χ3n) is 3.95. The lowest BCUT2D eigenvalue weighted by Gasteiger charge is -2.33. The molecular formula is C13H18O2. The Kier molecular flexibility index (Phi) is 2.68. The van der Waals surface area contributed by atoms with Crippen molar-refractivity contribution in [2.45, 2.75) is 32.6 Å². The Labute approximate surface area is 91.0 Å². The molecule has 0 saturated heterocycles. The Balaban J connectivity index is 2.19. The summed E-state index contributed by atoms with van der Waals surface area (Å²) in [6, 6.07) is 0. The lowest BCUT2D eigenvalue weighted by atomic mass is 9.71. The molecule has 1 spiro atoms. The molecule has 0 aromatic heterocycles. The topological polar surface area (TPSA) is 26.3 Å². The van der Waals surface area contributed by atoms with Crippen LogP contribution in [-0.2, 0) is 9.53 Å². The lowest BCUT2D eigenvalue weighted by molar-refractivity contribution is -0.136. The van der Waals surface area contributed by atoms with E-state index in [1.54, 1.807) is 0 Å². The zero-order valence-electron chi connectivity index (χ0n) is 9.45. The second-order valence-electron chi connectivity index (χ2n) is 4.75. The van der Waals surface area contributed by atoms with Crippen LogP contribution >= 0.6 is 0 Å². The molecule has 2 aliphatic carbocycles. The summed E-state index contributed by atoms with van der Waals surface area (Å²) in [5.74, 6) is 0.514. The number of allylic oxidation sites excluding steroid dienone is 3. The number of rotatable bonds is 1. The third kappa shape index (κ3) is 1.73. The number of carbonyl (C=O) groups excluding carboxylic acids is 1. The quantitative estimate of drug-likeness (QED) is 0.617. The minimum atomic E-state index is -0.169. The number of hydrogen-bond donors (Lipinski definition) is 0. The Morgan fingerprint density at radius 2 is 2.40 bits per heavy atom. The van der Waals surface area contributed by atoms with Crippen molar-refractivity contribution in [1.82, 2.24) is 0 Å². The first-order valence-corrected chi connectivity index (χ1v) is 5.65. The number of hydrogen-bond acceptors (Lipinski definition) is 2. The van der Waals surface area contributed by atoms with Crippen molar-refractivity contribution in [2.24, 2.45) is 11.3 Å². The molecule has 0 heterocycles. The van der Waals surface area contributed by atoms with Crippen molar-refractivity contribution in [3.63, 3.8) is 0 Å². The molecule has 15 heavy (non-hydrogen) atoms. The van der Waals surface area contributed by atoms with Crippen LogP contribution in [-0.4, -0.2) is 13.1 Å². The molecule has 1 saturated carbocycles. The van der Waals surface area contributed by atoms with Gasteiger partial charge >= 0.3 is 5.97 Å². The van der Waals surface area contributed by atoms with E-state index in [4.69, 9.17) is 4.74 Å². The van der Waals surface area contributed by atoms with Crippen LogP contribution in [0.5, 0.6) is 0 Å². The summed E-state index contributed by atoms with van der Waals surface area (Å²) in [6.45, 7) is 2.29. The summed E-state index contributed by atoms with van der Waals surface area (Å²) >= 11 is 0. The summed E-state index contributed by atoms with van der Waals surface area (Å²) < 4.78 is 4.79. The van der Waals surface area contributed by atoms with Gasteiger partial charge in [0.05, 0.1) is 7.11 Å². The van der Waals surface area contributed by atoms with Gasteiger partial charge in [-0.25, -0.2) is 4.79 Å². The molecule has 0 radical (unpaired) electrons. The van der Waals surface area contributed by atoms with Gasteiger partial charge in [-0.05, 0) is 30.6 Å². The number of carbonyl (C=O) groups is 1. The minimum absolute atomic E-state index is 0.169. The average molecular weight is 206 g/mol. The van der Waals surface area contributed by atoms with Crippen LogP contribution in [0.2, 0.25) is 0 Å². The largest absolute Gasteiger partial charge is 0.466 e. The Bertz CT molecular complexity index is 327. The van der Waals surface area contributed by atoms with E-state index in [9.17, 15) is 4.79 Å². The maximum Gasteiger partial charge on any atom is 0.333 e. The standard InChI is InChI=1S/C13H18O2/c1-10-5-3-7-13(10)8-4-6-11(9-13)12(14)15-2/h4,6,8,10H,3,5,7,9H2,1-2H3/t10-,13+/m0/s1. The van der Waals surface area contributed by atoms with E-state index in [1.165, 1.54) is 26.4 Å². The van der Waals surface area contributed by atoms with Crippen molar-refractivity contribution in [2.75, 3.05) is 7.11 Å². The third-order valence-corrected chi connectivity index (χ3v) is 3.95. The smallest absolute Gasteiger partial charge is 0.333 e. The molecule has 0 N–H and O–H groups in total.